The van der Waals surface area contributed by atoms with Crippen molar-refractivity contribution in [3.8, 4) is 5.75 Å². The van der Waals surface area contributed by atoms with Crippen molar-refractivity contribution in [1.29, 1.82) is 0 Å². The molecule has 2 aliphatic heterocycles. The van der Waals surface area contributed by atoms with Gasteiger partial charge in [-0.1, -0.05) is 48.5 Å². The number of likely N-dealkylation sites (N-methyl/N-ethyl adjacent to an activating group) is 1. The number of carbonyl (C=O) groups is 4. The molecule has 1 saturated heterocycles. The Balaban J connectivity index is 1.48. The quantitative estimate of drug-likeness (QED) is 0.395. The number of fused-ring (bicyclic) bond motifs is 1. The highest BCUT2D eigenvalue weighted by Crippen LogP contribution is 2.34. The first-order valence-electron chi connectivity index (χ1n) is 11.6. The van der Waals surface area contributed by atoms with Gasteiger partial charge in [0.05, 0.1) is 18.9 Å². The number of amides is 5. The van der Waals surface area contributed by atoms with Crippen molar-refractivity contribution in [2.45, 2.75) is 19.4 Å². The van der Waals surface area contributed by atoms with Crippen molar-refractivity contribution in [2.75, 3.05) is 20.2 Å². The number of hydrogen-bond acceptors (Lipinski definition) is 6. The largest absolute Gasteiger partial charge is 0.497 e. The van der Waals surface area contributed by atoms with Gasteiger partial charge < -0.3 is 4.74 Å². The predicted octanol–water partition coefficient (Wildman–Crippen LogP) is 3.34. The molecular weight excluding hydrogens is 460 g/mol. The lowest BCUT2D eigenvalue weighted by Crippen LogP contribution is -2.42. The van der Waals surface area contributed by atoms with E-state index in [4.69, 9.17) is 4.74 Å². The number of nitrogens with zero attached hydrogens (tertiary/aromatic N) is 4. The van der Waals surface area contributed by atoms with Crippen molar-refractivity contribution in [3.63, 3.8) is 0 Å². The van der Waals surface area contributed by atoms with Crippen LogP contribution in [-0.4, -0.2) is 64.5 Å². The maximum Gasteiger partial charge on any atom is 0.334 e. The third kappa shape index (κ3) is 3.98. The highest BCUT2D eigenvalue weighted by molar-refractivity contribution is 6.45. The van der Waals surface area contributed by atoms with Gasteiger partial charge in [0.2, 0.25) is 0 Å². The Labute approximate surface area is 207 Å². The van der Waals surface area contributed by atoms with Gasteiger partial charge in [-0.3, -0.25) is 19.3 Å². The maximum atomic E-state index is 13.4. The Morgan fingerprint density at radius 3 is 2.31 bits per heavy atom. The molecule has 0 aliphatic carbocycles. The molecule has 0 N–H and O–H groups in total. The summed E-state index contributed by atoms with van der Waals surface area (Å²) in [5.74, 6) is -1.81. The number of carbonyl (C=O) groups excluding carboxylic acids is 4. The Hall–Kier alpha value is -4.53. The fraction of sp³-hybridized carbons (Fsp3) is 0.222. The van der Waals surface area contributed by atoms with E-state index in [0.717, 1.165) is 26.8 Å². The molecule has 2 aliphatic rings. The number of imide groups is 2. The Morgan fingerprint density at radius 2 is 1.64 bits per heavy atom. The standard InChI is InChI=1S/C27H24N4O5/c1-3-29-25(33)26(34)30(27(29)35)16-24(32)31-23(18-10-12-21(36-2)13-11-18)15-22(28-31)20-9-8-17-6-4-5-7-19(17)14-20/h4-14,23H,3,15-16H2,1-2H3/t23-/m0/s1. The van der Waals surface area contributed by atoms with Crippen LogP contribution in [0.3, 0.4) is 0 Å². The first kappa shape index (κ1) is 23.2. The van der Waals surface area contributed by atoms with Crippen LogP contribution in [0.25, 0.3) is 10.8 Å². The topological polar surface area (TPSA) is 99.6 Å². The van der Waals surface area contributed by atoms with E-state index in [0.29, 0.717) is 22.8 Å². The second-order valence-corrected chi connectivity index (χ2v) is 8.56. The first-order valence-corrected chi connectivity index (χ1v) is 11.6. The second kappa shape index (κ2) is 9.26. The van der Waals surface area contributed by atoms with Crippen molar-refractivity contribution < 1.29 is 23.9 Å². The van der Waals surface area contributed by atoms with E-state index in [1.54, 1.807) is 26.2 Å². The zero-order valence-electron chi connectivity index (χ0n) is 19.9. The molecule has 0 unspecified atom stereocenters. The Kier molecular flexibility index (Phi) is 5.97. The van der Waals surface area contributed by atoms with Crippen LogP contribution in [0.5, 0.6) is 5.75 Å². The molecule has 2 heterocycles. The summed E-state index contributed by atoms with van der Waals surface area (Å²) in [6, 6.07) is 20.1. The molecule has 0 spiro atoms. The van der Waals surface area contributed by atoms with E-state index >= 15 is 0 Å². The highest BCUT2D eigenvalue weighted by atomic mass is 16.5. The number of rotatable bonds is 6. The molecule has 182 valence electrons. The minimum atomic E-state index is -1.01. The van der Waals surface area contributed by atoms with Gasteiger partial charge >= 0.3 is 17.8 Å². The molecule has 0 saturated carbocycles. The van der Waals surface area contributed by atoms with Crippen LogP contribution < -0.4 is 4.74 Å². The van der Waals surface area contributed by atoms with Gasteiger partial charge in [0.25, 0.3) is 5.91 Å². The van der Waals surface area contributed by atoms with Crippen LogP contribution in [0.1, 0.15) is 30.5 Å². The number of ether oxygens (including phenoxy) is 1. The number of hydrazone groups is 1. The van der Waals surface area contributed by atoms with Crippen LogP contribution >= 0.6 is 0 Å². The van der Waals surface area contributed by atoms with Gasteiger partial charge in [-0.05, 0) is 47.0 Å². The van der Waals surface area contributed by atoms with E-state index < -0.39 is 36.3 Å². The normalized spacial score (nSPS) is 17.8. The summed E-state index contributed by atoms with van der Waals surface area (Å²) in [5, 5.41) is 8.09. The summed E-state index contributed by atoms with van der Waals surface area (Å²) in [4.78, 5) is 51.9. The molecule has 5 amide bonds. The van der Waals surface area contributed by atoms with Crippen LogP contribution in [0.15, 0.2) is 71.8 Å². The van der Waals surface area contributed by atoms with Crippen molar-refractivity contribution in [2.24, 2.45) is 5.10 Å². The smallest absolute Gasteiger partial charge is 0.334 e. The van der Waals surface area contributed by atoms with Gasteiger partial charge in [-0.15, -0.1) is 0 Å². The minimum absolute atomic E-state index is 0.0521. The molecule has 0 aromatic heterocycles. The van der Waals surface area contributed by atoms with Crippen LogP contribution in [-0.2, 0) is 14.4 Å². The molecule has 3 aromatic carbocycles. The zero-order chi connectivity index (χ0) is 25.4. The second-order valence-electron chi connectivity index (χ2n) is 8.56. The Bertz CT molecular complexity index is 1420. The fourth-order valence-electron chi connectivity index (χ4n) is 4.55. The average Bonchev–Trinajstić information content (AvgIpc) is 3.44. The monoisotopic (exact) mass is 484 g/mol. The third-order valence-electron chi connectivity index (χ3n) is 6.49. The van der Waals surface area contributed by atoms with Gasteiger partial charge in [0.15, 0.2) is 0 Å². The molecule has 0 bridgehead atoms. The summed E-state index contributed by atoms with van der Waals surface area (Å²) in [6.07, 6.45) is 0.443. The van der Waals surface area contributed by atoms with Crippen molar-refractivity contribution in [1.82, 2.24) is 14.8 Å². The van der Waals surface area contributed by atoms with Gasteiger partial charge in [-0.25, -0.2) is 14.7 Å². The summed E-state index contributed by atoms with van der Waals surface area (Å²) in [5.41, 5.74) is 2.41. The number of urea groups is 1. The molecule has 3 aromatic rings. The van der Waals surface area contributed by atoms with Gasteiger partial charge in [-0.2, -0.15) is 5.10 Å². The van der Waals surface area contributed by atoms with E-state index in [1.807, 2.05) is 54.6 Å². The number of methoxy groups -OCH3 is 1. The highest BCUT2D eigenvalue weighted by Gasteiger charge is 2.45. The maximum absolute atomic E-state index is 13.4. The number of hydrogen-bond donors (Lipinski definition) is 0. The SMILES string of the molecule is CCN1C(=O)C(=O)N(CC(=O)N2N=C(c3ccc4ccccc4c3)C[C@H]2c2ccc(OC)cc2)C1=O. The van der Waals surface area contributed by atoms with Crippen LogP contribution in [0.4, 0.5) is 4.79 Å². The molecule has 36 heavy (non-hydrogen) atoms. The van der Waals surface area contributed by atoms with Gasteiger partial charge in [0.1, 0.15) is 12.3 Å². The molecule has 1 atom stereocenters. The lowest BCUT2D eigenvalue weighted by molar-refractivity contribution is -0.145. The molecule has 9 nitrogen and oxygen atoms in total. The molecule has 0 radical (unpaired) electrons. The zero-order valence-corrected chi connectivity index (χ0v) is 19.9. The third-order valence-corrected chi connectivity index (χ3v) is 6.49. The van der Waals surface area contributed by atoms with E-state index in [1.165, 1.54) is 5.01 Å². The number of benzene rings is 3. The lowest BCUT2D eigenvalue weighted by Gasteiger charge is -2.24. The minimum Gasteiger partial charge on any atom is -0.497 e. The van der Waals surface area contributed by atoms with Crippen LogP contribution in [0, 0.1) is 0 Å². The molecule has 1 fully saturated rings. The lowest BCUT2D eigenvalue weighted by atomic mass is 9.97. The van der Waals surface area contributed by atoms with Crippen molar-refractivity contribution >= 4 is 40.2 Å². The van der Waals surface area contributed by atoms with Crippen LogP contribution in [0.2, 0.25) is 0 Å². The van der Waals surface area contributed by atoms with E-state index in [9.17, 15) is 19.2 Å². The molecular formula is C27H24N4O5. The summed E-state index contributed by atoms with van der Waals surface area (Å²) >= 11 is 0. The fourth-order valence-corrected chi connectivity index (χ4v) is 4.55. The summed E-state index contributed by atoms with van der Waals surface area (Å²) in [7, 11) is 1.58. The summed E-state index contributed by atoms with van der Waals surface area (Å²) < 4.78 is 5.25. The Morgan fingerprint density at radius 1 is 0.944 bits per heavy atom. The van der Waals surface area contributed by atoms with E-state index in [2.05, 4.69) is 5.10 Å². The van der Waals surface area contributed by atoms with Crippen molar-refractivity contribution in [3.05, 3.63) is 77.9 Å². The first-order chi connectivity index (χ1) is 17.4. The predicted molar refractivity (Wildman–Crippen MR) is 132 cm³/mol. The van der Waals surface area contributed by atoms with E-state index in [-0.39, 0.29) is 6.54 Å². The van der Waals surface area contributed by atoms with Gasteiger partial charge in [0, 0.05) is 13.0 Å². The average molecular weight is 485 g/mol. The summed E-state index contributed by atoms with van der Waals surface area (Å²) in [6.45, 7) is 1.08. The molecule has 9 heteroatoms. The molecule has 5 rings (SSSR count).